The van der Waals surface area contributed by atoms with E-state index in [9.17, 15) is 10.0 Å². The average molecular weight is 329 g/mol. The maximum Gasteiger partial charge on any atom is 0.356 e. The van der Waals surface area contributed by atoms with E-state index in [1.54, 1.807) is 38.4 Å². The highest BCUT2D eigenvalue weighted by atomic mass is 16.5. The minimum absolute atomic E-state index is 0.531. The Morgan fingerprint density at radius 1 is 1.17 bits per heavy atom. The molecular formula is C17H19N3O4. The standard InChI is InChI=1S/C17H19N3O4/c1-19(2)18-17(21)20(22)16-11-7-4-5-8-12(11)24-14-10-6-9-13(23-3)15(14)16/h4-10,16,22H,1-3H3,(H,18,21). The summed E-state index contributed by atoms with van der Waals surface area (Å²) in [7, 11) is 4.87. The number of hydrazine groups is 1. The fourth-order valence-corrected chi connectivity index (χ4v) is 2.75. The van der Waals surface area contributed by atoms with Crippen LogP contribution in [0.2, 0.25) is 0 Å². The Bertz CT molecular complexity index is 763. The third kappa shape index (κ3) is 2.75. The van der Waals surface area contributed by atoms with E-state index in [-0.39, 0.29) is 0 Å². The number of nitrogens with one attached hydrogen (secondary N) is 1. The molecular weight excluding hydrogens is 310 g/mol. The molecule has 0 spiro atoms. The molecule has 1 atom stereocenters. The SMILES string of the molecule is COc1cccc2c1C(N(O)C(=O)NN(C)C)c1ccccc1O2. The Hall–Kier alpha value is -2.77. The molecule has 0 bridgehead atoms. The number of urea groups is 1. The molecule has 1 unspecified atom stereocenters. The highest BCUT2D eigenvalue weighted by molar-refractivity contribution is 5.75. The van der Waals surface area contributed by atoms with Crippen molar-refractivity contribution >= 4 is 6.03 Å². The maximum absolute atomic E-state index is 12.3. The van der Waals surface area contributed by atoms with Gasteiger partial charge < -0.3 is 9.47 Å². The molecule has 2 amide bonds. The quantitative estimate of drug-likeness (QED) is 0.669. The second-order valence-corrected chi connectivity index (χ2v) is 5.57. The molecule has 1 heterocycles. The molecule has 0 saturated carbocycles. The second kappa shape index (κ2) is 6.38. The fraction of sp³-hybridized carbons (Fsp3) is 0.235. The Balaban J connectivity index is 2.12. The topological polar surface area (TPSA) is 74.3 Å². The van der Waals surface area contributed by atoms with Crippen LogP contribution >= 0.6 is 0 Å². The first kappa shape index (κ1) is 16.1. The van der Waals surface area contributed by atoms with Crippen molar-refractivity contribution in [1.29, 1.82) is 0 Å². The van der Waals surface area contributed by atoms with Crippen molar-refractivity contribution in [2.45, 2.75) is 6.04 Å². The van der Waals surface area contributed by atoms with Gasteiger partial charge in [0.2, 0.25) is 0 Å². The minimum atomic E-state index is -0.749. The Kier molecular flexibility index (Phi) is 4.28. The van der Waals surface area contributed by atoms with E-state index in [2.05, 4.69) is 5.43 Å². The number of ether oxygens (including phenoxy) is 2. The van der Waals surface area contributed by atoms with E-state index < -0.39 is 12.1 Å². The molecule has 1 aliphatic heterocycles. The van der Waals surface area contributed by atoms with Crippen LogP contribution in [0.1, 0.15) is 17.2 Å². The molecule has 0 fully saturated rings. The van der Waals surface area contributed by atoms with Crippen molar-refractivity contribution in [2.24, 2.45) is 0 Å². The van der Waals surface area contributed by atoms with Gasteiger partial charge in [0, 0.05) is 19.7 Å². The molecule has 3 rings (SSSR count). The van der Waals surface area contributed by atoms with Crippen molar-refractivity contribution < 1.29 is 19.5 Å². The van der Waals surface area contributed by atoms with Crippen LogP contribution in [0.5, 0.6) is 17.2 Å². The van der Waals surface area contributed by atoms with E-state index in [4.69, 9.17) is 9.47 Å². The molecule has 2 aromatic rings. The zero-order valence-electron chi connectivity index (χ0n) is 13.7. The summed E-state index contributed by atoms with van der Waals surface area (Å²) in [4.78, 5) is 12.3. The van der Waals surface area contributed by atoms with Gasteiger partial charge >= 0.3 is 6.03 Å². The molecule has 2 aromatic carbocycles. The Morgan fingerprint density at radius 3 is 2.58 bits per heavy atom. The number of carbonyl (C=O) groups excluding carboxylic acids is 1. The van der Waals surface area contributed by atoms with Gasteiger partial charge in [-0.1, -0.05) is 24.3 Å². The number of carbonyl (C=O) groups is 1. The molecule has 0 radical (unpaired) electrons. The van der Waals surface area contributed by atoms with Gasteiger partial charge in [0.15, 0.2) is 0 Å². The van der Waals surface area contributed by atoms with Crippen LogP contribution in [0.4, 0.5) is 4.79 Å². The van der Waals surface area contributed by atoms with Crippen LogP contribution in [0.15, 0.2) is 42.5 Å². The van der Waals surface area contributed by atoms with Crippen molar-refractivity contribution in [1.82, 2.24) is 15.5 Å². The predicted molar refractivity (Wildman–Crippen MR) is 87.2 cm³/mol. The smallest absolute Gasteiger partial charge is 0.356 e. The second-order valence-electron chi connectivity index (χ2n) is 5.57. The van der Waals surface area contributed by atoms with Gasteiger partial charge in [-0.2, -0.15) is 5.06 Å². The van der Waals surface area contributed by atoms with Gasteiger partial charge in [0.1, 0.15) is 23.3 Å². The third-order valence-corrected chi connectivity index (χ3v) is 3.72. The Morgan fingerprint density at radius 2 is 1.88 bits per heavy atom. The average Bonchev–Trinajstić information content (AvgIpc) is 2.57. The molecule has 24 heavy (non-hydrogen) atoms. The zero-order chi connectivity index (χ0) is 17.3. The predicted octanol–water partition coefficient (Wildman–Crippen LogP) is 2.77. The number of amides is 2. The number of fused-ring (bicyclic) bond motifs is 2. The first-order valence-electron chi connectivity index (χ1n) is 7.42. The van der Waals surface area contributed by atoms with Crippen LogP contribution in [0, 0.1) is 0 Å². The maximum atomic E-state index is 12.3. The number of hydrogen-bond acceptors (Lipinski definition) is 5. The first-order chi connectivity index (χ1) is 11.5. The van der Waals surface area contributed by atoms with E-state index >= 15 is 0 Å². The minimum Gasteiger partial charge on any atom is -0.496 e. The van der Waals surface area contributed by atoms with Crippen LogP contribution in [-0.2, 0) is 0 Å². The third-order valence-electron chi connectivity index (χ3n) is 3.72. The van der Waals surface area contributed by atoms with Crippen LogP contribution in [0.3, 0.4) is 0 Å². The summed E-state index contributed by atoms with van der Waals surface area (Å²) >= 11 is 0. The lowest BCUT2D eigenvalue weighted by atomic mass is 9.93. The Labute approximate surface area is 139 Å². The molecule has 7 nitrogen and oxygen atoms in total. The molecule has 126 valence electrons. The van der Waals surface area contributed by atoms with Gasteiger partial charge in [0.25, 0.3) is 0 Å². The first-order valence-corrected chi connectivity index (χ1v) is 7.42. The highest BCUT2D eigenvalue weighted by Gasteiger charge is 2.36. The number of benzene rings is 2. The van der Waals surface area contributed by atoms with Gasteiger partial charge in [-0.25, -0.2) is 9.80 Å². The van der Waals surface area contributed by atoms with E-state index in [1.807, 2.05) is 18.2 Å². The van der Waals surface area contributed by atoms with Gasteiger partial charge in [0.05, 0.1) is 12.7 Å². The normalized spacial score (nSPS) is 15.1. The van der Waals surface area contributed by atoms with E-state index in [0.717, 1.165) is 0 Å². The van der Waals surface area contributed by atoms with Crippen LogP contribution < -0.4 is 14.9 Å². The summed E-state index contributed by atoms with van der Waals surface area (Å²) in [6.45, 7) is 0. The lowest BCUT2D eigenvalue weighted by molar-refractivity contribution is -0.0751. The van der Waals surface area contributed by atoms with E-state index in [0.29, 0.717) is 33.4 Å². The van der Waals surface area contributed by atoms with Crippen molar-refractivity contribution in [2.75, 3.05) is 21.2 Å². The molecule has 7 heteroatoms. The van der Waals surface area contributed by atoms with Crippen molar-refractivity contribution in [3.8, 4) is 17.2 Å². The summed E-state index contributed by atoms with van der Waals surface area (Å²) in [5.41, 5.74) is 3.79. The fourth-order valence-electron chi connectivity index (χ4n) is 2.75. The summed E-state index contributed by atoms with van der Waals surface area (Å²) in [5, 5.41) is 12.7. The number of hydrogen-bond donors (Lipinski definition) is 2. The summed E-state index contributed by atoms with van der Waals surface area (Å²) in [5.74, 6) is 1.65. The summed E-state index contributed by atoms with van der Waals surface area (Å²) in [6, 6.07) is 11.2. The van der Waals surface area contributed by atoms with E-state index in [1.165, 1.54) is 12.1 Å². The van der Waals surface area contributed by atoms with Gasteiger partial charge in [-0.15, -0.1) is 0 Å². The summed E-state index contributed by atoms with van der Waals surface area (Å²) < 4.78 is 11.3. The van der Waals surface area contributed by atoms with Crippen LogP contribution in [0.25, 0.3) is 0 Å². The molecule has 0 aromatic heterocycles. The molecule has 1 aliphatic rings. The monoisotopic (exact) mass is 329 g/mol. The van der Waals surface area contributed by atoms with Gasteiger partial charge in [-0.3, -0.25) is 10.6 Å². The lowest BCUT2D eigenvalue weighted by Crippen LogP contribution is -2.46. The number of hydroxylamine groups is 2. The molecule has 2 N–H and O–H groups in total. The van der Waals surface area contributed by atoms with Crippen LogP contribution in [-0.4, -0.2) is 42.5 Å². The number of nitrogens with zero attached hydrogens (tertiary/aromatic N) is 2. The van der Waals surface area contributed by atoms with Gasteiger partial charge in [-0.05, 0) is 18.2 Å². The number of para-hydroxylation sites is 1. The van der Waals surface area contributed by atoms with Crippen molar-refractivity contribution in [3.63, 3.8) is 0 Å². The summed E-state index contributed by atoms with van der Waals surface area (Å²) in [6.07, 6.45) is 0. The van der Waals surface area contributed by atoms with Crippen molar-refractivity contribution in [3.05, 3.63) is 53.6 Å². The molecule has 0 saturated heterocycles. The lowest BCUT2D eigenvalue weighted by Gasteiger charge is -2.34. The zero-order valence-corrected chi connectivity index (χ0v) is 13.7. The number of methoxy groups -OCH3 is 1. The largest absolute Gasteiger partial charge is 0.496 e. The molecule has 0 aliphatic carbocycles. The number of rotatable bonds is 3. The highest BCUT2D eigenvalue weighted by Crippen LogP contribution is 2.48.